The second-order valence-corrected chi connectivity index (χ2v) is 2.35. The monoisotopic (exact) mass is 163 g/mol. The van der Waals surface area contributed by atoms with Gasteiger partial charge in [-0.25, -0.2) is 0 Å². The van der Waals surface area contributed by atoms with E-state index < -0.39 is 12.5 Å². The minimum Gasteiger partial charge on any atom is -0.369 e. The summed E-state index contributed by atoms with van der Waals surface area (Å²) in [6, 6.07) is 0. The van der Waals surface area contributed by atoms with Crippen LogP contribution in [0.5, 0.6) is 0 Å². The molecule has 11 heavy (non-hydrogen) atoms. The molecule has 0 amide bonds. The van der Waals surface area contributed by atoms with Crippen molar-refractivity contribution in [2.75, 3.05) is 0 Å². The Labute approximate surface area is 64.6 Å². The molecule has 0 saturated carbocycles. The average Bonchev–Trinajstić information content (AvgIpc) is 1.97. The Morgan fingerprint density at radius 1 is 1.09 bits per heavy atom. The first-order valence-electron chi connectivity index (χ1n) is 3.53. The summed E-state index contributed by atoms with van der Waals surface area (Å²) in [7, 11) is 0. The van der Waals surface area contributed by atoms with Gasteiger partial charge < -0.3 is 15.3 Å². The van der Waals surface area contributed by atoms with Crippen LogP contribution in [0.2, 0.25) is 0 Å². The predicted molar refractivity (Wildman–Crippen MR) is 38.5 cm³/mol. The maximum atomic E-state index is 9.63. The summed E-state index contributed by atoms with van der Waals surface area (Å²) < 4.78 is 0. The lowest BCUT2D eigenvalue weighted by Crippen LogP contribution is -2.05. The van der Waals surface area contributed by atoms with Crippen molar-refractivity contribution >= 4 is 0 Å². The molecule has 1 atom stereocenters. The first kappa shape index (κ1) is 10.5. The fourth-order valence-electron chi connectivity index (χ4n) is 0.707. The molecule has 0 rings (SSSR count). The lowest BCUT2D eigenvalue weighted by Gasteiger charge is -2.03. The molecule has 0 aromatic heterocycles. The van der Waals surface area contributed by atoms with Gasteiger partial charge in [0.25, 0.3) is 0 Å². The van der Waals surface area contributed by atoms with Crippen molar-refractivity contribution in [2.45, 2.75) is 38.2 Å². The van der Waals surface area contributed by atoms with Crippen LogP contribution >= 0.6 is 0 Å². The summed E-state index contributed by atoms with van der Waals surface area (Å²) in [5, 5.41) is 27.8. The van der Waals surface area contributed by atoms with Gasteiger partial charge in [-0.15, -0.1) is 4.91 Å². The van der Waals surface area contributed by atoms with Crippen LogP contribution in [0.3, 0.4) is 0 Å². The van der Waals surface area contributed by atoms with Gasteiger partial charge in [-0.3, -0.25) is 0 Å². The summed E-state index contributed by atoms with van der Waals surface area (Å²) in [6.45, 7) is 0. The number of hydrogen-bond donors (Lipinski definition) is 3. The fraction of sp³-hybridized carbons (Fsp3) is 1.00. The molecular formula is C6H13NO4. The van der Waals surface area contributed by atoms with Crippen molar-refractivity contribution in [3.63, 3.8) is 0 Å². The molecular weight excluding hydrogens is 150 g/mol. The largest absolute Gasteiger partial charge is 0.369 e. The lowest BCUT2D eigenvalue weighted by molar-refractivity contribution is -0.0469. The Balaban J connectivity index is 3.07. The van der Waals surface area contributed by atoms with E-state index in [1.807, 2.05) is 0 Å². The Morgan fingerprint density at radius 2 is 1.64 bits per heavy atom. The molecule has 0 saturated heterocycles. The second-order valence-electron chi connectivity index (χ2n) is 2.35. The summed E-state index contributed by atoms with van der Waals surface area (Å²) in [5.74, 6) is 0. The average molecular weight is 163 g/mol. The number of rotatable bonds is 6. The molecule has 0 aliphatic carbocycles. The van der Waals surface area contributed by atoms with E-state index in [0.29, 0.717) is 12.8 Å². The Bertz CT molecular complexity index is 107. The molecule has 0 bridgehead atoms. The van der Waals surface area contributed by atoms with E-state index >= 15 is 0 Å². The van der Waals surface area contributed by atoms with Gasteiger partial charge in [0.1, 0.15) is 0 Å². The zero-order valence-electron chi connectivity index (χ0n) is 6.18. The highest BCUT2D eigenvalue weighted by Crippen LogP contribution is 2.05. The Kier molecular flexibility index (Phi) is 5.91. The molecule has 0 heterocycles. The quantitative estimate of drug-likeness (QED) is 0.291. The van der Waals surface area contributed by atoms with Crippen LogP contribution in [0, 0.1) is 4.91 Å². The van der Waals surface area contributed by atoms with E-state index in [4.69, 9.17) is 15.3 Å². The van der Waals surface area contributed by atoms with Crippen LogP contribution in [0.1, 0.15) is 25.7 Å². The molecule has 0 aromatic rings. The summed E-state index contributed by atoms with van der Waals surface area (Å²) in [4.78, 5) is 9.63. The van der Waals surface area contributed by atoms with Gasteiger partial charge in [-0.1, -0.05) is 0 Å². The van der Waals surface area contributed by atoms with Gasteiger partial charge in [-0.05, 0) is 30.9 Å². The highest BCUT2D eigenvalue weighted by atomic mass is 16.5. The summed E-state index contributed by atoms with van der Waals surface area (Å²) in [6.07, 6.45) is -0.738. The lowest BCUT2D eigenvalue weighted by atomic mass is 10.2. The van der Waals surface area contributed by atoms with E-state index in [9.17, 15) is 4.91 Å². The molecule has 3 N–H and O–H groups in total. The van der Waals surface area contributed by atoms with Gasteiger partial charge in [0.15, 0.2) is 12.5 Å². The van der Waals surface area contributed by atoms with Gasteiger partial charge in [0.05, 0.1) is 0 Å². The van der Waals surface area contributed by atoms with E-state index in [2.05, 4.69) is 5.18 Å². The molecule has 66 valence electrons. The minimum absolute atomic E-state index is 0.269. The first-order valence-corrected chi connectivity index (χ1v) is 3.53. The Morgan fingerprint density at radius 3 is 2.09 bits per heavy atom. The van der Waals surface area contributed by atoms with Crippen molar-refractivity contribution < 1.29 is 15.3 Å². The molecule has 5 nitrogen and oxygen atoms in total. The zero-order valence-corrected chi connectivity index (χ0v) is 6.18. The second kappa shape index (κ2) is 6.21. The van der Waals surface area contributed by atoms with Crippen molar-refractivity contribution in [2.24, 2.45) is 5.18 Å². The SMILES string of the molecule is O=NC(O)CCCCC(O)O. The molecule has 5 heteroatoms. The van der Waals surface area contributed by atoms with Crippen LogP contribution < -0.4 is 0 Å². The van der Waals surface area contributed by atoms with Crippen LogP contribution in [0.25, 0.3) is 0 Å². The van der Waals surface area contributed by atoms with Gasteiger partial charge in [-0.2, -0.15) is 0 Å². The molecule has 0 aromatic carbocycles. The highest BCUT2D eigenvalue weighted by Gasteiger charge is 2.02. The maximum absolute atomic E-state index is 9.63. The third-order valence-corrected chi connectivity index (χ3v) is 1.30. The fourth-order valence-corrected chi connectivity index (χ4v) is 0.707. The van der Waals surface area contributed by atoms with E-state index in [1.165, 1.54) is 0 Å². The smallest absolute Gasteiger partial charge is 0.186 e. The van der Waals surface area contributed by atoms with E-state index in [-0.39, 0.29) is 12.8 Å². The molecule has 0 aliphatic heterocycles. The molecule has 0 aliphatic rings. The number of nitrogens with zero attached hydrogens (tertiary/aromatic N) is 1. The number of nitroso groups, excluding NO2 is 1. The number of unbranched alkanes of at least 4 members (excludes halogenated alkanes) is 1. The third kappa shape index (κ3) is 7.38. The number of aliphatic hydroxyl groups excluding tert-OH is 2. The van der Waals surface area contributed by atoms with Gasteiger partial charge >= 0.3 is 0 Å². The summed E-state index contributed by atoms with van der Waals surface area (Å²) in [5.41, 5.74) is 0. The van der Waals surface area contributed by atoms with Crippen LogP contribution in [0.4, 0.5) is 0 Å². The Hall–Kier alpha value is -0.520. The van der Waals surface area contributed by atoms with Crippen molar-refractivity contribution in [3.8, 4) is 0 Å². The third-order valence-electron chi connectivity index (χ3n) is 1.30. The highest BCUT2D eigenvalue weighted by molar-refractivity contribution is 4.51. The molecule has 0 fully saturated rings. The van der Waals surface area contributed by atoms with E-state index in [0.717, 1.165) is 0 Å². The first-order chi connectivity index (χ1) is 5.16. The van der Waals surface area contributed by atoms with Crippen molar-refractivity contribution in [1.82, 2.24) is 0 Å². The van der Waals surface area contributed by atoms with Gasteiger partial charge in [0.2, 0.25) is 0 Å². The molecule has 1 unspecified atom stereocenters. The van der Waals surface area contributed by atoms with Crippen molar-refractivity contribution in [1.29, 1.82) is 0 Å². The van der Waals surface area contributed by atoms with Gasteiger partial charge in [0, 0.05) is 0 Å². The predicted octanol–water partition coefficient (Wildman–Crippen LogP) is -0.0577. The van der Waals surface area contributed by atoms with E-state index in [1.54, 1.807) is 0 Å². The minimum atomic E-state index is -1.30. The normalized spacial score (nSPS) is 13.5. The maximum Gasteiger partial charge on any atom is 0.186 e. The molecule has 0 spiro atoms. The van der Waals surface area contributed by atoms with Crippen molar-refractivity contribution in [3.05, 3.63) is 4.91 Å². The zero-order chi connectivity index (χ0) is 8.69. The molecule has 0 radical (unpaired) electrons. The number of hydrogen-bond acceptors (Lipinski definition) is 5. The van der Waals surface area contributed by atoms with Crippen LogP contribution in [-0.2, 0) is 0 Å². The standard InChI is InChI=1S/C6H13NO4/c8-5(7-11)3-1-2-4-6(9)10/h5-6,8-10H,1-4H2. The van der Waals surface area contributed by atoms with Crippen LogP contribution in [-0.4, -0.2) is 27.8 Å². The number of aliphatic hydroxyl groups is 3. The summed E-state index contributed by atoms with van der Waals surface area (Å²) >= 11 is 0. The van der Waals surface area contributed by atoms with Crippen LogP contribution in [0.15, 0.2) is 5.18 Å². The topological polar surface area (TPSA) is 90.1 Å².